The Morgan fingerprint density at radius 2 is 0.512 bits per heavy atom. The molecule has 0 saturated carbocycles. The summed E-state index contributed by atoms with van der Waals surface area (Å²) in [6.45, 7) is 26.8. The maximum atomic E-state index is 5.54. The minimum Gasteiger partial charge on any atom is -0.309 e. The van der Waals surface area contributed by atoms with E-state index in [1.807, 2.05) is 0 Å². The van der Waals surface area contributed by atoms with Crippen LogP contribution < -0.4 is 0 Å². The third-order valence-electron chi connectivity index (χ3n) is 17.9. The Bertz CT molecular complexity index is 4470. The molecule has 0 radical (unpaired) electrons. The molecule has 0 bridgehead atoms. The molecule has 11 aromatic carbocycles. The summed E-state index contributed by atoms with van der Waals surface area (Å²) in [7, 11) is 0. The molecule has 3 heterocycles. The van der Waals surface area contributed by atoms with Gasteiger partial charge in [0.15, 0.2) is 5.82 Å². The average molecular weight is 1110 g/mol. The highest BCUT2D eigenvalue weighted by Crippen LogP contribution is 2.44. The second kappa shape index (κ2) is 21.0. The van der Waals surface area contributed by atoms with E-state index in [0.29, 0.717) is 5.82 Å². The van der Waals surface area contributed by atoms with Gasteiger partial charge >= 0.3 is 0 Å². The van der Waals surface area contributed by atoms with Gasteiger partial charge in [-0.05, 0) is 245 Å². The number of hydrogen-bond acceptors (Lipinski definition) is 2. The van der Waals surface area contributed by atoms with Crippen LogP contribution in [0.5, 0.6) is 0 Å². The van der Waals surface area contributed by atoms with Crippen molar-refractivity contribution >= 4 is 43.6 Å². The second-order valence-corrected chi connectivity index (χ2v) is 24.6. The monoisotopic (exact) mass is 1110 g/mol. The number of benzene rings is 11. The van der Waals surface area contributed by atoms with Gasteiger partial charge in [0, 0.05) is 49.6 Å². The van der Waals surface area contributed by atoms with Crippen molar-refractivity contribution in [3.8, 4) is 89.8 Å². The van der Waals surface area contributed by atoms with E-state index in [1.165, 1.54) is 133 Å². The van der Waals surface area contributed by atoms with E-state index < -0.39 is 0 Å². The summed E-state index contributed by atoms with van der Waals surface area (Å²) < 4.78 is 5.00. The van der Waals surface area contributed by atoms with Gasteiger partial charge in [0.05, 0.1) is 33.5 Å². The van der Waals surface area contributed by atoms with Gasteiger partial charge < -0.3 is 9.13 Å². The Morgan fingerprint density at radius 1 is 0.233 bits per heavy atom. The Balaban J connectivity index is 1.09. The highest BCUT2D eigenvalue weighted by Gasteiger charge is 2.23. The summed E-state index contributed by atoms with van der Waals surface area (Å²) in [5.74, 6) is 0.675. The van der Waals surface area contributed by atoms with E-state index in [0.717, 1.165) is 61.5 Å². The standard InChI is InChI=1S/C82H70N4/c1-47-31-51(5)78(52(6)32-47)61-23-27-74-68(41-61)69-42-62(79-53(7)33-48(2)34-54(79)8)24-28-75(69)85(74)66-39-65(73-46-72(59-19-15-13-16-20-59)83-82(84-73)60-21-17-14-18-22-60)40-67(45-66)86-76-29-25-63(80-55(9)35-49(3)36-56(80)10)43-70(76)71-44-64(26-30-77(71)86)81-57(11)37-50(4)38-58(81)12/h13-46H,1-12H3. The molecule has 3 aromatic heterocycles. The zero-order valence-corrected chi connectivity index (χ0v) is 51.4. The van der Waals surface area contributed by atoms with Crippen LogP contribution in [0.25, 0.3) is 133 Å². The summed E-state index contributed by atoms with van der Waals surface area (Å²) in [6, 6.07) is 77.3. The highest BCUT2D eigenvalue weighted by molar-refractivity contribution is 6.14. The van der Waals surface area contributed by atoms with Gasteiger partial charge in [-0.15, -0.1) is 0 Å². The van der Waals surface area contributed by atoms with E-state index in [4.69, 9.17) is 9.97 Å². The molecule has 0 aliphatic heterocycles. The van der Waals surface area contributed by atoms with Crippen molar-refractivity contribution < 1.29 is 0 Å². The number of fused-ring (bicyclic) bond motifs is 6. The largest absolute Gasteiger partial charge is 0.309 e. The zero-order chi connectivity index (χ0) is 59.4. The molecule has 14 rings (SSSR count). The molecule has 86 heavy (non-hydrogen) atoms. The van der Waals surface area contributed by atoms with Crippen LogP contribution in [-0.4, -0.2) is 19.1 Å². The zero-order valence-electron chi connectivity index (χ0n) is 51.4. The molecule has 0 spiro atoms. The van der Waals surface area contributed by atoms with Crippen LogP contribution in [0.4, 0.5) is 0 Å². The predicted molar refractivity (Wildman–Crippen MR) is 366 cm³/mol. The van der Waals surface area contributed by atoms with Crippen molar-refractivity contribution in [1.82, 2.24) is 19.1 Å². The van der Waals surface area contributed by atoms with E-state index in [9.17, 15) is 0 Å². The van der Waals surface area contributed by atoms with Crippen LogP contribution in [0.3, 0.4) is 0 Å². The third-order valence-corrected chi connectivity index (χ3v) is 17.9. The quantitative estimate of drug-likeness (QED) is 0.144. The fourth-order valence-corrected chi connectivity index (χ4v) is 14.8. The van der Waals surface area contributed by atoms with Crippen LogP contribution in [-0.2, 0) is 0 Å². The van der Waals surface area contributed by atoms with Crippen LogP contribution in [0.15, 0.2) is 206 Å². The lowest BCUT2D eigenvalue weighted by atomic mass is 9.91. The van der Waals surface area contributed by atoms with Gasteiger partial charge in [-0.2, -0.15) is 0 Å². The molecule has 0 fully saturated rings. The van der Waals surface area contributed by atoms with Crippen molar-refractivity contribution in [3.05, 3.63) is 273 Å². The van der Waals surface area contributed by atoms with Gasteiger partial charge in [0.1, 0.15) is 0 Å². The van der Waals surface area contributed by atoms with Crippen molar-refractivity contribution in [1.29, 1.82) is 0 Å². The normalized spacial score (nSPS) is 11.7. The molecule has 0 unspecified atom stereocenters. The van der Waals surface area contributed by atoms with Crippen LogP contribution in [0.1, 0.15) is 66.8 Å². The Hall–Kier alpha value is -9.90. The van der Waals surface area contributed by atoms with Crippen molar-refractivity contribution in [3.63, 3.8) is 0 Å². The maximum Gasteiger partial charge on any atom is 0.160 e. The number of aromatic nitrogens is 4. The summed E-state index contributed by atoms with van der Waals surface area (Å²) in [5.41, 5.74) is 36.6. The third kappa shape index (κ3) is 9.32. The molecule has 0 aliphatic carbocycles. The second-order valence-electron chi connectivity index (χ2n) is 24.6. The smallest absolute Gasteiger partial charge is 0.160 e. The molecular weight excluding hydrogens is 1040 g/mol. The number of hydrogen-bond donors (Lipinski definition) is 0. The fourth-order valence-electron chi connectivity index (χ4n) is 14.8. The first-order chi connectivity index (χ1) is 41.5. The molecule has 0 saturated heterocycles. The van der Waals surface area contributed by atoms with E-state index >= 15 is 0 Å². The minimum absolute atomic E-state index is 0.675. The summed E-state index contributed by atoms with van der Waals surface area (Å²) in [6.07, 6.45) is 0. The van der Waals surface area contributed by atoms with E-state index in [-0.39, 0.29) is 0 Å². The first-order valence-electron chi connectivity index (χ1n) is 30.2. The van der Waals surface area contributed by atoms with Gasteiger partial charge in [-0.1, -0.05) is 156 Å². The fraction of sp³-hybridized carbons (Fsp3) is 0.146. The summed E-state index contributed by atoms with van der Waals surface area (Å²) in [4.78, 5) is 10.8. The van der Waals surface area contributed by atoms with Gasteiger partial charge in [-0.25, -0.2) is 9.97 Å². The molecule has 0 N–H and O–H groups in total. The highest BCUT2D eigenvalue weighted by atomic mass is 15.0. The summed E-state index contributed by atoms with van der Waals surface area (Å²) in [5, 5.41) is 4.81. The van der Waals surface area contributed by atoms with Gasteiger partial charge in [0.2, 0.25) is 0 Å². The molecular formula is C82H70N4. The number of rotatable bonds is 9. The Labute approximate surface area is 505 Å². The lowest BCUT2D eigenvalue weighted by molar-refractivity contribution is 1.13. The van der Waals surface area contributed by atoms with Crippen LogP contribution in [0, 0.1) is 83.1 Å². The SMILES string of the molecule is Cc1cc(C)c(-c2ccc3c(c2)c2cc(-c4c(C)cc(C)cc4C)ccc2n3-c2cc(-c3cc(-c4ccccc4)nc(-c4ccccc4)n3)cc(-n3c4ccc(-c5c(C)cc(C)cc5C)cc4c4cc(-c5c(C)cc(C)cc5C)ccc43)c2)c(C)c1. The van der Waals surface area contributed by atoms with Gasteiger partial charge in [-0.3, -0.25) is 0 Å². The van der Waals surface area contributed by atoms with E-state index in [1.54, 1.807) is 0 Å². The minimum atomic E-state index is 0.675. The molecule has 4 nitrogen and oxygen atoms in total. The predicted octanol–water partition coefficient (Wildman–Crippen LogP) is 22.0. The molecule has 0 atom stereocenters. The van der Waals surface area contributed by atoms with Gasteiger partial charge in [0.25, 0.3) is 0 Å². The Kier molecular flexibility index (Phi) is 13.2. The first kappa shape index (κ1) is 54.1. The Morgan fingerprint density at radius 3 is 0.814 bits per heavy atom. The van der Waals surface area contributed by atoms with Crippen molar-refractivity contribution in [2.45, 2.75) is 83.1 Å². The molecule has 0 aliphatic rings. The lowest BCUT2D eigenvalue weighted by Crippen LogP contribution is -2.02. The van der Waals surface area contributed by atoms with Crippen LogP contribution >= 0.6 is 0 Å². The topological polar surface area (TPSA) is 35.6 Å². The lowest BCUT2D eigenvalue weighted by Gasteiger charge is -2.17. The van der Waals surface area contributed by atoms with E-state index in [2.05, 4.69) is 298 Å². The summed E-state index contributed by atoms with van der Waals surface area (Å²) >= 11 is 0. The maximum absolute atomic E-state index is 5.54. The molecule has 4 heteroatoms. The van der Waals surface area contributed by atoms with Crippen LogP contribution in [0.2, 0.25) is 0 Å². The molecule has 0 amide bonds. The molecule has 14 aromatic rings. The molecule has 418 valence electrons. The first-order valence-corrected chi connectivity index (χ1v) is 30.2. The average Bonchev–Trinajstić information content (AvgIpc) is 1.73. The van der Waals surface area contributed by atoms with Crippen molar-refractivity contribution in [2.75, 3.05) is 0 Å². The number of aryl methyl sites for hydroxylation is 12. The van der Waals surface area contributed by atoms with Crippen molar-refractivity contribution in [2.24, 2.45) is 0 Å². The number of nitrogens with zero attached hydrogens (tertiary/aromatic N) is 4.